The molecule has 5 N–H and O–H groups in total. The van der Waals surface area contributed by atoms with Gasteiger partial charge in [0.25, 0.3) is 0 Å². The summed E-state index contributed by atoms with van der Waals surface area (Å²) in [6.45, 7) is 0. The van der Waals surface area contributed by atoms with Crippen molar-refractivity contribution >= 4 is 42.0 Å². The van der Waals surface area contributed by atoms with Crippen molar-refractivity contribution < 1.29 is 29.3 Å². The fourth-order valence-electron chi connectivity index (χ4n) is 3.14. The highest BCUT2D eigenvalue weighted by Crippen LogP contribution is 2.39. The standard InChI is InChI=1S/C15H17ClN7O6P/c16-15-21-12(20-8-5-17-2-3-18-8)9-13(22-15)23(6-19-9)14-11(25)10(24)7(29-14)1-4-30(26,27)28/h2-3,5-7,10-11,14,24-25H,1,4H2,(H2,26,27,28)(H,18,20,21,22). The van der Waals surface area contributed by atoms with E-state index >= 15 is 0 Å². The molecular formula is C15H17ClN7O6P. The molecule has 0 aromatic carbocycles. The minimum atomic E-state index is -4.28. The SMILES string of the molecule is O=P(O)(O)CCC1OC(n2cnc3c(Nc4cnccn4)nc(Cl)nc32)C(O)C1O. The molecule has 4 rings (SSSR count). The number of aliphatic hydroxyl groups excluding tert-OH is 2. The van der Waals surface area contributed by atoms with Crippen molar-refractivity contribution in [3.63, 3.8) is 0 Å². The number of anilines is 2. The zero-order valence-electron chi connectivity index (χ0n) is 15.1. The molecule has 0 bridgehead atoms. The number of fused-ring (bicyclic) bond motifs is 1. The number of nitrogens with zero attached hydrogens (tertiary/aromatic N) is 6. The van der Waals surface area contributed by atoms with E-state index in [9.17, 15) is 14.8 Å². The fraction of sp³-hybridized carbons (Fsp3) is 0.400. The molecular weight excluding hydrogens is 441 g/mol. The lowest BCUT2D eigenvalue weighted by Crippen LogP contribution is -2.31. The Morgan fingerprint density at radius 1 is 1.20 bits per heavy atom. The van der Waals surface area contributed by atoms with Crippen molar-refractivity contribution in [1.82, 2.24) is 29.5 Å². The van der Waals surface area contributed by atoms with E-state index in [0.717, 1.165) is 0 Å². The van der Waals surface area contributed by atoms with E-state index in [1.165, 1.54) is 29.5 Å². The Bertz CT molecular complexity index is 1100. The third kappa shape index (κ3) is 4.27. The maximum atomic E-state index is 11.1. The summed E-state index contributed by atoms with van der Waals surface area (Å²) in [5, 5.41) is 23.5. The van der Waals surface area contributed by atoms with Gasteiger partial charge >= 0.3 is 7.60 Å². The number of halogens is 1. The number of aromatic nitrogens is 6. The number of imidazole rings is 1. The van der Waals surface area contributed by atoms with Crippen LogP contribution in [0.3, 0.4) is 0 Å². The van der Waals surface area contributed by atoms with Crippen LogP contribution in [0, 0.1) is 0 Å². The van der Waals surface area contributed by atoms with Gasteiger partial charge in [0.2, 0.25) is 5.28 Å². The molecule has 3 aromatic rings. The number of aliphatic hydroxyl groups is 2. The van der Waals surface area contributed by atoms with Gasteiger partial charge in [-0.15, -0.1) is 0 Å². The molecule has 0 spiro atoms. The Kier molecular flexibility index (Phi) is 5.68. The molecule has 4 unspecified atom stereocenters. The average Bonchev–Trinajstić information content (AvgIpc) is 3.22. The summed E-state index contributed by atoms with van der Waals surface area (Å²) in [5.74, 6) is 0.642. The second kappa shape index (κ2) is 8.12. The van der Waals surface area contributed by atoms with Gasteiger partial charge in [0.05, 0.1) is 24.8 Å². The molecule has 160 valence electrons. The third-order valence-electron chi connectivity index (χ3n) is 4.52. The topological polar surface area (TPSA) is 189 Å². The lowest BCUT2D eigenvalue weighted by Gasteiger charge is -2.16. The lowest BCUT2D eigenvalue weighted by molar-refractivity contribution is -0.0355. The highest BCUT2D eigenvalue weighted by atomic mass is 35.5. The van der Waals surface area contributed by atoms with E-state index in [-0.39, 0.29) is 23.2 Å². The first-order valence-electron chi connectivity index (χ1n) is 8.72. The van der Waals surface area contributed by atoms with Crippen LogP contribution in [0.2, 0.25) is 5.28 Å². The van der Waals surface area contributed by atoms with E-state index in [1.54, 1.807) is 0 Å². The first-order valence-corrected chi connectivity index (χ1v) is 10.9. The van der Waals surface area contributed by atoms with Crippen molar-refractivity contribution in [2.45, 2.75) is 31.0 Å². The van der Waals surface area contributed by atoms with Crippen molar-refractivity contribution in [3.8, 4) is 0 Å². The summed E-state index contributed by atoms with van der Waals surface area (Å²) in [6.07, 6.45) is 0.376. The number of ether oxygens (including phenoxy) is 1. The average molecular weight is 458 g/mol. The van der Waals surface area contributed by atoms with Crippen LogP contribution in [0.4, 0.5) is 11.6 Å². The maximum absolute atomic E-state index is 11.1. The normalized spacial score (nSPS) is 24.4. The molecule has 0 amide bonds. The largest absolute Gasteiger partial charge is 0.388 e. The first kappa shape index (κ1) is 21.0. The van der Waals surface area contributed by atoms with E-state index < -0.39 is 38.3 Å². The van der Waals surface area contributed by atoms with Crippen LogP contribution in [-0.4, -0.2) is 74.0 Å². The van der Waals surface area contributed by atoms with Crippen molar-refractivity contribution in [2.24, 2.45) is 0 Å². The molecule has 0 aliphatic carbocycles. The highest BCUT2D eigenvalue weighted by Gasteiger charge is 2.44. The Morgan fingerprint density at radius 2 is 2.00 bits per heavy atom. The lowest BCUT2D eigenvalue weighted by atomic mass is 10.1. The fourth-order valence-corrected chi connectivity index (χ4v) is 3.90. The molecule has 4 heterocycles. The zero-order chi connectivity index (χ0) is 21.5. The number of hydrogen-bond donors (Lipinski definition) is 5. The van der Waals surface area contributed by atoms with E-state index in [4.69, 9.17) is 26.1 Å². The van der Waals surface area contributed by atoms with Crippen molar-refractivity contribution in [1.29, 1.82) is 0 Å². The molecule has 30 heavy (non-hydrogen) atoms. The minimum Gasteiger partial charge on any atom is -0.388 e. The predicted octanol–water partition coefficient (Wildman–Crippen LogP) is 0.200. The molecule has 4 atom stereocenters. The van der Waals surface area contributed by atoms with Gasteiger partial charge < -0.3 is 30.1 Å². The molecule has 1 fully saturated rings. The van der Waals surface area contributed by atoms with Gasteiger partial charge in [0.15, 0.2) is 23.2 Å². The number of hydrogen-bond acceptors (Lipinski definition) is 10. The van der Waals surface area contributed by atoms with Crippen LogP contribution >= 0.6 is 19.2 Å². The van der Waals surface area contributed by atoms with Crippen LogP contribution in [0.5, 0.6) is 0 Å². The van der Waals surface area contributed by atoms with Crippen LogP contribution in [0.25, 0.3) is 11.2 Å². The Morgan fingerprint density at radius 3 is 2.70 bits per heavy atom. The first-order chi connectivity index (χ1) is 14.2. The molecule has 0 saturated carbocycles. The molecule has 3 aromatic heterocycles. The molecule has 1 saturated heterocycles. The van der Waals surface area contributed by atoms with Crippen LogP contribution in [0.15, 0.2) is 24.9 Å². The van der Waals surface area contributed by atoms with Crippen LogP contribution < -0.4 is 5.32 Å². The second-order valence-electron chi connectivity index (χ2n) is 6.60. The number of rotatable bonds is 6. The molecule has 0 radical (unpaired) electrons. The Balaban J connectivity index is 1.64. The molecule has 15 heteroatoms. The molecule has 1 aliphatic rings. The number of nitrogens with one attached hydrogen (secondary N) is 1. The van der Waals surface area contributed by atoms with Gasteiger partial charge in [-0.25, -0.2) is 9.97 Å². The minimum absolute atomic E-state index is 0.110. The summed E-state index contributed by atoms with van der Waals surface area (Å²) in [4.78, 5) is 38.6. The summed E-state index contributed by atoms with van der Waals surface area (Å²) in [5.41, 5.74) is 0.516. The molecule has 1 aliphatic heterocycles. The zero-order valence-corrected chi connectivity index (χ0v) is 16.8. The molecule has 13 nitrogen and oxygen atoms in total. The quantitative estimate of drug-likeness (QED) is 0.250. The van der Waals surface area contributed by atoms with E-state index in [1.807, 2.05) is 0 Å². The second-order valence-corrected chi connectivity index (χ2v) is 8.72. The van der Waals surface area contributed by atoms with Gasteiger partial charge in [0, 0.05) is 12.4 Å². The summed E-state index contributed by atoms with van der Waals surface area (Å²) < 4.78 is 18.2. The van der Waals surface area contributed by atoms with Gasteiger partial charge in [-0.1, -0.05) is 0 Å². The Hall–Kier alpha value is -2.25. The smallest absolute Gasteiger partial charge is 0.325 e. The van der Waals surface area contributed by atoms with Gasteiger partial charge in [-0.2, -0.15) is 9.97 Å². The van der Waals surface area contributed by atoms with Gasteiger partial charge in [0.1, 0.15) is 18.0 Å². The van der Waals surface area contributed by atoms with Crippen LogP contribution in [-0.2, 0) is 9.30 Å². The third-order valence-corrected chi connectivity index (χ3v) is 5.53. The summed E-state index contributed by atoms with van der Waals surface area (Å²) in [6, 6.07) is 0. The van der Waals surface area contributed by atoms with Gasteiger partial charge in [-0.3, -0.25) is 14.1 Å². The van der Waals surface area contributed by atoms with E-state index in [2.05, 4.69) is 30.2 Å². The van der Waals surface area contributed by atoms with Crippen molar-refractivity contribution in [3.05, 3.63) is 30.2 Å². The summed E-state index contributed by atoms with van der Waals surface area (Å²) in [7, 11) is -4.28. The summed E-state index contributed by atoms with van der Waals surface area (Å²) >= 11 is 6.04. The van der Waals surface area contributed by atoms with Crippen molar-refractivity contribution in [2.75, 3.05) is 11.5 Å². The predicted molar refractivity (Wildman–Crippen MR) is 103 cm³/mol. The van der Waals surface area contributed by atoms with Gasteiger partial charge in [-0.05, 0) is 18.0 Å². The van der Waals surface area contributed by atoms with Crippen LogP contribution in [0.1, 0.15) is 12.6 Å². The maximum Gasteiger partial charge on any atom is 0.325 e. The Labute approximate surface area is 173 Å². The monoisotopic (exact) mass is 457 g/mol. The highest BCUT2D eigenvalue weighted by molar-refractivity contribution is 7.51. The van der Waals surface area contributed by atoms with E-state index in [0.29, 0.717) is 11.3 Å².